The zero-order valence-corrected chi connectivity index (χ0v) is 11.1. The van der Waals surface area contributed by atoms with Crippen LogP contribution in [-0.2, 0) is 24.1 Å². The number of benzene rings is 1. The standard InChI is InChI=1S/C16H20N2O/c17-9-7-14-5-3-10-18(14)12-16-15-6-2-1-4-13(15)8-11-19-16/h1-6,10,16H,7-9,11-12,17H2. The normalized spacial score (nSPS) is 18.3. The molecule has 1 aromatic carbocycles. The van der Waals surface area contributed by atoms with Crippen LogP contribution in [0.3, 0.4) is 0 Å². The molecule has 0 radical (unpaired) electrons. The van der Waals surface area contributed by atoms with E-state index in [4.69, 9.17) is 10.5 Å². The molecule has 1 unspecified atom stereocenters. The molecule has 0 aliphatic carbocycles. The Labute approximate surface area is 114 Å². The maximum absolute atomic E-state index is 5.96. The van der Waals surface area contributed by atoms with Crippen molar-refractivity contribution >= 4 is 0 Å². The van der Waals surface area contributed by atoms with Crippen molar-refractivity contribution in [2.45, 2.75) is 25.5 Å². The summed E-state index contributed by atoms with van der Waals surface area (Å²) in [5, 5.41) is 0. The first kappa shape index (κ1) is 12.5. The molecule has 1 aromatic heterocycles. The molecule has 0 bridgehead atoms. The summed E-state index contributed by atoms with van der Waals surface area (Å²) in [5.74, 6) is 0. The van der Waals surface area contributed by atoms with E-state index >= 15 is 0 Å². The smallest absolute Gasteiger partial charge is 0.101 e. The fourth-order valence-electron chi connectivity index (χ4n) is 2.81. The van der Waals surface area contributed by atoms with Crippen molar-refractivity contribution in [3.05, 3.63) is 59.4 Å². The number of nitrogens with zero attached hydrogens (tertiary/aromatic N) is 1. The van der Waals surface area contributed by atoms with Gasteiger partial charge in [-0.25, -0.2) is 0 Å². The lowest BCUT2D eigenvalue weighted by Crippen LogP contribution is -2.21. The molecule has 0 saturated heterocycles. The third-order valence-corrected chi connectivity index (χ3v) is 3.78. The summed E-state index contributed by atoms with van der Waals surface area (Å²) in [6, 6.07) is 12.8. The van der Waals surface area contributed by atoms with E-state index in [0.29, 0.717) is 6.54 Å². The van der Waals surface area contributed by atoms with Crippen molar-refractivity contribution in [3.8, 4) is 0 Å². The molecule has 2 N–H and O–H groups in total. The van der Waals surface area contributed by atoms with Gasteiger partial charge in [0.2, 0.25) is 0 Å². The molecule has 1 aliphatic rings. The molecular formula is C16H20N2O. The summed E-state index contributed by atoms with van der Waals surface area (Å²) in [7, 11) is 0. The topological polar surface area (TPSA) is 40.2 Å². The number of rotatable bonds is 4. The first-order valence-electron chi connectivity index (χ1n) is 6.92. The van der Waals surface area contributed by atoms with Crippen LogP contribution in [0.15, 0.2) is 42.6 Å². The van der Waals surface area contributed by atoms with Crippen molar-refractivity contribution in [2.24, 2.45) is 5.73 Å². The number of nitrogens with two attached hydrogens (primary N) is 1. The average molecular weight is 256 g/mol. The average Bonchev–Trinajstić information content (AvgIpc) is 2.87. The Hall–Kier alpha value is -1.58. The van der Waals surface area contributed by atoms with Gasteiger partial charge in [0.05, 0.1) is 13.2 Å². The van der Waals surface area contributed by atoms with Crippen LogP contribution in [0, 0.1) is 0 Å². The minimum Gasteiger partial charge on any atom is -0.371 e. The summed E-state index contributed by atoms with van der Waals surface area (Å²) in [6.45, 7) is 2.38. The fourth-order valence-corrected chi connectivity index (χ4v) is 2.81. The van der Waals surface area contributed by atoms with Crippen molar-refractivity contribution in [3.63, 3.8) is 0 Å². The van der Waals surface area contributed by atoms with Gasteiger partial charge >= 0.3 is 0 Å². The van der Waals surface area contributed by atoms with Gasteiger partial charge in [-0.05, 0) is 42.6 Å². The highest BCUT2D eigenvalue weighted by atomic mass is 16.5. The molecule has 2 heterocycles. The molecule has 1 aliphatic heterocycles. The molecule has 3 nitrogen and oxygen atoms in total. The molecule has 2 aromatic rings. The third kappa shape index (κ3) is 2.57. The van der Waals surface area contributed by atoms with E-state index in [2.05, 4.69) is 47.2 Å². The SMILES string of the molecule is NCCc1cccn1CC1OCCc2ccccc21. The molecule has 0 saturated carbocycles. The van der Waals surface area contributed by atoms with Crippen LogP contribution in [-0.4, -0.2) is 17.7 Å². The quantitative estimate of drug-likeness (QED) is 0.912. The Balaban J connectivity index is 1.82. The van der Waals surface area contributed by atoms with Crippen LogP contribution in [0.1, 0.15) is 22.9 Å². The Kier molecular flexibility index (Phi) is 3.67. The second-order valence-electron chi connectivity index (χ2n) is 5.00. The third-order valence-electron chi connectivity index (χ3n) is 3.78. The summed E-state index contributed by atoms with van der Waals surface area (Å²) in [5.41, 5.74) is 9.70. The number of fused-ring (bicyclic) bond motifs is 1. The Morgan fingerprint density at radius 3 is 3.00 bits per heavy atom. The van der Waals surface area contributed by atoms with Gasteiger partial charge in [0.15, 0.2) is 0 Å². The van der Waals surface area contributed by atoms with Crippen molar-refractivity contribution in [2.75, 3.05) is 13.2 Å². The fraction of sp³-hybridized carbons (Fsp3) is 0.375. The monoisotopic (exact) mass is 256 g/mol. The largest absolute Gasteiger partial charge is 0.371 e. The Bertz CT molecular complexity index is 547. The number of hydrogen-bond donors (Lipinski definition) is 1. The molecule has 100 valence electrons. The van der Waals surface area contributed by atoms with Crippen molar-refractivity contribution in [1.82, 2.24) is 4.57 Å². The molecule has 3 rings (SSSR count). The van der Waals surface area contributed by atoms with E-state index in [0.717, 1.165) is 26.0 Å². The van der Waals surface area contributed by atoms with E-state index in [9.17, 15) is 0 Å². The minimum atomic E-state index is 0.161. The molecule has 0 amide bonds. The number of aromatic nitrogens is 1. The van der Waals surface area contributed by atoms with Crippen LogP contribution in [0.2, 0.25) is 0 Å². The number of hydrogen-bond acceptors (Lipinski definition) is 2. The zero-order chi connectivity index (χ0) is 13.1. The van der Waals surface area contributed by atoms with Gasteiger partial charge < -0.3 is 15.0 Å². The van der Waals surface area contributed by atoms with Gasteiger partial charge in [-0.15, -0.1) is 0 Å². The van der Waals surface area contributed by atoms with Gasteiger partial charge in [0, 0.05) is 11.9 Å². The second-order valence-corrected chi connectivity index (χ2v) is 5.00. The van der Waals surface area contributed by atoms with Crippen LogP contribution in [0.25, 0.3) is 0 Å². The van der Waals surface area contributed by atoms with Crippen LogP contribution in [0.5, 0.6) is 0 Å². The molecule has 0 fully saturated rings. The van der Waals surface area contributed by atoms with Gasteiger partial charge in [0.25, 0.3) is 0 Å². The summed E-state index contributed by atoms with van der Waals surface area (Å²) in [4.78, 5) is 0. The highest BCUT2D eigenvalue weighted by molar-refractivity contribution is 5.31. The Morgan fingerprint density at radius 1 is 1.21 bits per heavy atom. The van der Waals surface area contributed by atoms with E-state index in [1.165, 1.54) is 16.8 Å². The summed E-state index contributed by atoms with van der Waals surface area (Å²) >= 11 is 0. The lowest BCUT2D eigenvalue weighted by atomic mass is 9.97. The van der Waals surface area contributed by atoms with Gasteiger partial charge in [-0.2, -0.15) is 0 Å². The van der Waals surface area contributed by atoms with Gasteiger partial charge in [-0.1, -0.05) is 24.3 Å². The number of ether oxygens (including phenoxy) is 1. The predicted molar refractivity (Wildman–Crippen MR) is 76.0 cm³/mol. The van der Waals surface area contributed by atoms with Crippen molar-refractivity contribution < 1.29 is 4.74 Å². The molecule has 0 spiro atoms. The maximum Gasteiger partial charge on any atom is 0.101 e. The molecule has 1 atom stereocenters. The Morgan fingerprint density at radius 2 is 2.11 bits per heavy atom. The highest BCUT2D eigenvalue weighted by Gasteiger charge is 2.21. The first-order chi connectivity index (χ1) is 9.38. The molecular weight excluding hydrogens is 236 g/mol. The van der Waals surface area contributed by atoms with E-state index in [1.807, 2.05) is 0 Å². The first-order valence-corrected chi connectivity index (χ1v) is 6.92. The van der Waals surface area contributed by atoms with Crippen molar-refractivity contribution in [1.29, 1.82) is 0 Å². The van der Waals surface area contributed by atoms with E-state index in [-0.39, 0.29) is 6.10 Å². The van der Waals surface area contributed by atoms with Gasteiger partial charge in [0.1, 0.15) is 6.10 Å². The predicted octanol–water partition coefficient (Wildman–Crippen LogP) is 2.30. The zero-order valence-electron chi connectivity index (χ0n) is 11.1. The van der Waals surface area contributed by atoms with Crippen LogP contribution in [0.4, 0.5) is 0 Å². The molecule has 3 heteroatoms. The van der Waals surface area contributed by atoms with Crippen LogP contribution >= 0.6 is 0 Å². The second kappa shape index (κ2) is 5.59. The summed E-state index contributed by atoms with van der Waals surface area (Å²) in [6.07, 6.45) is 4.22. The highest BCUT2D eigenvalue weighted by Crippen LogP contribution is 2.28. The maximum atomic E-state index is 5.96. The van der Waals surface area contributed by atoms with Gasteiger partial charge in [-0.3, -0.25) is 0 Å². The lowest BCUT2D eigenvalue weighted by Gasteiger charge is -2.27. The minimum absolute atomic E-state index is 0.161. The van der Waals surface area contributed by atoms with Crippen LogP contribution < -0.4 is 5.73 Å². The lowest BCUT2D eigenvalue weighted by molar-refractivity contribution is 0.0302. The summed E-state index contributed by atoms with van der Waals surface area (Å²) < 4.78 is 8.22. The van der Waals surface area contributed by atoms with E-state index in [1.54, 1.807) is 0 Å². The molecule has 19 heavy (non-hydrogen) atoms. The van der Waals surface area contributed by atoms with E-state index < -0.39 is 0 Å².